The molecule has 7 heteroatoms. The molecule has 6 N–H and O–H groups in total. The van der Waals surface area contributed by atoms with E-state index in [-0.39, 0.29) is 30.0 Å². The molecule has 0 saturated heterocycles. The fraction of sp³-hybridized carbons (Fsp3) is 0.400. The average molecular weight is 502 g/mol. The van der Waals surface area contributed by atoms with Crippen molar-refractivity contribution in [2.45, 2.75) is 43.8 Å². The minimum atomic E-state index is -0.254. The lowest BCUT2D eigenvalue weighted by atomic mass is 9.81. The van der Waals surface area contributed by atoms with E-state index in [4.69, 9.17) is 36.1 Å². The Kier molecular flexibility index (Phi) is 6.23. The summed E-state index contributed by atoms with van der Waals surface area (Å²) in [6, 6.07) is 16.0. The third-order valence-corrected chi connectivity index (χ3v) is 8.18. The molecule has 3 aliphatic rings. The Morgan fingerprint density at radius 3 is 2.54 bits per heavy atom. The Hall–Kier alpha value is -3.26. The molecule has 0 radical (unpaired) electrons. The summed E-state index contributed by atoms with van der Waals surface area (Å²) in [6.45, 7) is 3.73. The van der Waals surface area contributed by atoms with E-state index in [1.54, 1.807) is 7.11 Å². The molecule has 0 amide bonds. The molecule has 7 nitrogen and oxygen atoms in total. The van der Waals surface area contributed by atoms with E-state index in [1.807, 2.05) is 24.3 Å². The molecule has 3 aromatic rings. The predicted molar refractivity (Wildman–Crippen MR) is 142 cm³/mol. The molecule has 3 aliphatic heterocycles. The monoisotopic (exact) mass is 501 g/mol. The van der Waals surface area contributed by atoms with E-state index in [0.717, 1.165) is 63.7 Å². The first-order valence-corrected chi connectivity index (χ1v) is 13.0. The zero-order chi connectivity index (χ0) is 25.7. The number of rotatable bonds is 4. The van der Waals surface area contributed by atoms with Crippen LogP contribution in [0.5, 0.6) is 23.0 Å². The Morgan fingerprint density at radius 2 is 1.70 bits per heavy atom. The van der Waals surface area contributed by atoms with Crippen molar-refractivity contribution in [1.82, 2.24) is 0 Å². The van der Waals surface area contributed by atoms with Gasteiger partial charge in [0.15, 0.2) is 0 Å². The Balaban J connectivity index is 1.28. The highest BCUT2D eigenvalue weighted by Gasteiger charge is 2.35. The van der Waals surface area contributed by atoms with Crippen molar-refractivity contribution in [2.24, 2.45) is 23.1 Å². The quantitative estimate of drug-likeness (QED) is 0.490. The fourth-order valence-electron chi connectivity index (χ4n) is 6.11. The van der Waals surface area contributed by atoms with Crippen LogP contribution in [0.25, 0.3) is 0 Å². The minimum Gasteiger partial charge on any atom is -0.496 e. The molecule has 5 unspecified atom stereocenters. The minimum absolute atomic E-state index is 0.0766. The highest BCUT2D eigenvalue weighted by molar-refractivity contribution is 5.56. The van der Waals surface area contributed by atoms with Crippen LogP contribution in [0, 0.1) is 12.8 Å². The SMILES string of the molecule is COc1c(C2COc3ccc(CC4COc5c(C)cccc5C4N)cc3C2N)ccc2c1C(N)CCO2. The summed E-state index contributed by atoms with van der Waals surface area (Å²) in [5.41, 5.74) is 26.4. The van der Waals surface area contributed by atoms with Crippen LogP contribution in [0.2, 0.25) is 0 Å². The Morgan fingerprint density at radius 1 is 0.865 bits per heavy atom. The maximum Gasteiger partial charge on any atom is 0.131 e. The molecule has 0 bridgehead atoms. The molecule has 37 heavy (non-hydrogen) atoms. The van der Waals surface area contributed by atoms with E-state index in [2.05, 4.69) is 31.2 Å². The Labute approximate surface area is 217 Å². The largest absolute Gasteiger partial charge is 0.496 e. The van der Waals surface area contributed by atoms with Gasteiger partial charge in [0.2, 0.25) is 0 Å². The number of aryl methyl sites for hydroxylation is 1. The highest BCUT2D eigenvalue weighted by Crippen LogP contribution is 2.47. The van der Waals surface area contributed by atoms with Crippen LogP contribution in [0.3, 0.4) is 0 Å². The first-order chi connectivity index (χ1) is 18.0. The number of nitrogens with two attached hydrogens (primary N) is 3. The van der Waals surface area contributed by atoms with Crippen molar-refractivity contribution in [1.29, 1.82) is 0 Å². The standard InChI is InChI=1S/C30H35N3O4/c1-16-4-3-5-20-27(32)18(14-37-29(16)20)12-17-6-8-24-21(13-17)28(33)22(15-36-24)19-7-9-25-26(30(19)34-2)23(31)10-11-35-25/h3-9,13,18,22-23,27-28H,10-12,14-15,31-33H2,1-2H3. The molecule has 194 valence electrons. The molecule has 0 fully saturated rings. The van der Waals surface area contributed by atoms with Gasteiger partial charge in [-0.05, 0) is 36.6 Å². The topological polar surface area (TPSA) is 115 Å². The molecule has 0 saturated carbocycles. The van der Waals surface area contributed by atoms with Gasteiger partial charge in [-0.15, -0.1) is 0 Å². The summed E-state index contributed by atoms with van der Waals surface area (Å²) in [5.74, 6) is 3.40. The smallest absolute Gasteiger partial charge is 0.131 e. The van der Waals surface area contributed by atoms with Gasteiger partial charge >= 0.3 is 0 Å². The van der Waals surface area contributed by atoms with Crippen molar-refractivity contribution < 1.29 is 18.9 Å². The third kappa shape index (κ3) is 4.11. The fourth-order valence-corrected chi connectivity index (χ4v) is 6.11. The summed E-state index contributed by atoms with van der Waals surface area (Å²) in [7, 11) is 1.68. The second-order valence-corrected chi connectivity index (χ2v) is 10.5. The lowest BCUT2D eigenvalue weighted by Gasteiger charge is -2.35. The number of para-hydroxylation sites is 1. The first kappa shape index (κ1) is 24.1. The van der Waals surface area contributed by atoms with E-state index >= 15 is 0 Å². The highest BCUT2D eigenvalue weighted by atomic mass is 16.5. The van der Waals surface area contributed by atoms with Crippen LogP contribution in [0.4, 0.5) is 0 Å². The van der Waals surface area contributed by atoms with Crippen LogP contribution < -0.4 is 36.1 Å². The van der Waals surface area contributed by atoms with Crippen LogP contribution in [-0.2, 0) is 6.42 Å². The van der Waals surface area contributed by atoms with Crippen molar-refractivity contribution in [3.05, 3.63) is 81.9 Å². The van der Waals surface area contributed by atoms with Crippen molar-refractivity contribution in [2.75, 3.05) is 26.9 Å². The van der Waals surface area contributed by atoms with Gasteiger partial charge in [-0.3, -0.25) is 0 Å². The summed E-state index contributed by atoms with van der Waals surface area (Å²) in [6.07, 6.45) is 1.55. The van der Waals surface area contributed by atoms with E-state index < -0.39 is 0 Å². The number of hydrogen-bond donors (Lipinski definition) is 3. The average Bonchev–Trinajstić information content (AvgIpc) is 2.91. The van der Waals surface area contributed by atoms with Gasteiger partial charge in [-0.2, -0.15) is 0 Å². The van der Waals surface area contributed by atoms with Gasteiger partial charge in [0, 0.05) is 53.1 Å². The molecule has 0 aliphatic carbocycles. The van der Waals surface area contributed by atoms with Gasteiger partial charge in [0.25, 0.3) is 0 Å². The normalized spacial score (nSPS) is 26.0. The van der Waals surface area contributed by atoms with Crippen LogP contribution in [-0.4, -0.2) is 26.9 Å². The number of hydrogen-bond acceptors (Lipinski definition) is 7. The van der Waals surface area contributed by atoms with Gasteiger partial charge in [-0.25, -0.2) is 0 Å². The molecule has 6 rings (SSSR count). The maximum absolute atomic E-state index is 6.92. The summed E-state index contributed by atoms with van der Waals surface area (Å²) in [4.78, 5) is 0. The van der Waals surface area contributed by atoms with E-state index in [9.17, 15) is 0 Å². The number of benzene rings is 3. The second kappa shape index (κ2) is 9.56. The molecule has 3 heterocycles. The predicted octanol–water partition coefficient (Wildman–Crippen LogP) is 4.21. The third-order valence-electron chi connectivity index (χ3n) is 8.18. The number of ether oxygens (including phenoxy) is 4. The van der Waals surface area contributed by atoms with E-state index in [0.29, 0.717) is 19.8 Å². The number of methoxy groups -OCH3 is 1. The van der Waals surface area contributed by atoms with Gasteiger partial charge in [0.1, 0.15) is 23.0 Å². The molecular formula is C30H35N3O4. The van der Waals surface area contributed by atoms with Crippen LogP contribution >= 0.6 is 0 Å². The zero-order valence-electron chi connectivity index (χ0n) is 21.4. The summed E-state index contributed by atoms with van der Waals surface area (Å²) in [5, 5.41) is 0. The molecule has 0 spiro atoms. The van der Waals surface area contributed by atoms with Gasteiger partial charge < -0.3 is 36.1 Å². The number of fused-ring (bicyclic) bond motifs is 3. The maximum atomic E-state index is 6.92. The zero-order valence-corrected chi connectivity index (χ0v) is 21.4. The van der Waals surface area contributed by atoms with Crippen molar-refractivity contribution in [3.63, 3.8) is 0 Å². The summed E-state index contributed by atoms with van der Waals surface area (Å²) >= 11 is 0. The van der Waals surface area contributed by atoms with Crippen molar-refractivity contribution in [3.8, 4) is 23.0 Å². The van der Waals surface area contributed by atoms with Gasteiger partial charge in [-0.1, -0.05) is 36.4 Å². The molecule has 0 aromatic heterocycles. The Bertz CT molecular complexity index is 1330. The van der Waals surface area contributed by atoms with Crippen LogP contribution in [0.1, 0.15) is 63.8 Å². The first-order valence-electron chi connectivity index (χ1n) is 13.0. The van der Waals surface area contributed by atoms with Crippen LogP contribution in [0.15, 0.2) is 48.5 Å². The molecule has 3 aromatic carbocycles. The lowest BCUT2D eigenvalue weighted by Crippen LogP contribution is -2.33. The second-order valence-electron chi connectivity index (χ2n) is 10.5. The molecular weight excluding hydrogens is 466 g/mol. The van der Waals surface area contributed by atoms with Crippen molar-refractivity contribution >= 4 is 0 Å². The molecule has 5 atom stereocenters. The lowest BCUT2D eigenvalue weighted by molar-refractivity contribution is 0.192. The van der Waals surface area contributed by atoms with E-state index in [1.165, 1.54) is 5.56 Å². The van der Waals surface area contributed by atoms with Gasteiger partial charge in [0.05, 0.1) is 32.5 Å². The summed E-state index contributed by atoms with van der Waals surface area (Å²) < 4.78 is 24.1.